The van der Waals surface area contributed by atoms with Gasteiger partial charge in [-0.1, -0.05) is 30.7 Å². The van der Waals surface area contributed by atoms with E-state index in [0.29, 0.717) is 17.8 Å². The van der Waals surface area contributed by atoms with Gasteiger partial charge in [0.1, 0.15) is 0 Å². The van der Waals surface area contributed by atoms with E-state index >= 15 is 0 Å². The summed E-state index contributed by atoms with van der Waals surface area (Å²) in [5, 5.41) is 2.87. The predicted molar refractivity (Wildman–Crippen MR) is 102 cm³/mol. The van der Waals surface area contributed by atoms with Crippen LogP contribution in [0.25, 0.3) is 0 Å². The maximum Gasteiger partial charge on any atom is 0.261 e. The highest BCUT2D eigenvalue weighted by atomic mass is 32.2. The zero-order valence-electron chi connectivity index (χ0n) is 14.4. The van der Waals surface area contributed by atoms with E-state index in [1.54, 1.807) is 42.5 Å². The average Bonchev–Trinajstić information content (AvgIpc) is 2.62. The molecule has 1 fully saturated rings. The number of nitrogens with two attached hydrogens (primary N) is 1. The molecule has 2 aromatic rings. The molecule has 0 radical (unpaired) electrons. The third-order valence-electron chi connectivity index (χ3n) is 4.52. The van der Waals surface area contributed by atoms with Crippen LogP contribution < -0.4 is 15.8 Å². The minimum absolute atomic E-state index is 0.0665. The van der Waals surface area contributed by atoms with Crippen molar-refractivity contribution in [1.82, 2.24) is 0 Å². The smallest absolute Gasteiger partial charge is 0.261 e. The number of benzene rings is 2. The van der Waals surface area contributed by atoms with Crippen LogP contribution in [0, 0.1) is 5.92 Å². The molecule has 0 saturated heterocycles. The quantitative estimate of drug-likeness (QED) is 0.750. The van der Waals surface area contributed by atoms with Crippen molar-refractivity contribution in [3.8, 4) is 0 Å². The lowest BCUT2D eigenvalue weighted by Gasteiger charge is -2.25. The summed E-state index contributed by atoms with van der Waals surface area (Å²) in [4.78, 5) is 12.6. The Morgan fingerprint density at radius 3 is 2.46 bits per heavy atom. The zero-order valence-corrected chi connectivity index (χ0v) is 15.2. The van der Waals surface area contributed by atoms with Crippen LogP contribution in [-0.2, 0) is 14.8 Å². The summed E-state index contributed by atoms with van der Waals surface area (Å²) in [6, 6.07) is 14.9. The summed E-state index contributed by atoms with van der Waals surface area (Å²) >= 11 is 0. The van der Waals surface area contributed by atoms with Gasteiger partial charge in [0.15, 0.2) is 0 Å². The van der Waals surface area contributed by atoms with Gasteiger partial charge in [-0.05, 0) is 49.6 Å². The summed E-state index contributed by atoms with van der Waals surface area (Å²) in [7, 11) is -3.67. The highest BCUT2D eigenvalue weighted by Gasteiger charge is 2.25. The van der Waals surface area contributed by atoms with Crippen molar-refractivity contribution < 1.29 is 13.2 Å². The van der Waals surface area contributed by atoms with Crippen molar-refractivity contribution >= 4 is 27.3 Å². The van der Waals surface area contributed by atoms with Gasteiger partial charge in [0.05, 0.1) is 10.6 Å². The van der Waals surface area contributed by atoms with E-state index in [1.165, 1.54) is 12.1 Å². The Kier molecular flexibility index (Phi) is 5.58. The number of carbonyl (C=O) groups is 1. The van der Waals surface area contributed by atoms with Gasteiger partial charge in [-0.25, -0.2) is 8.42 Å². The first-order valence-corrected chi connectivity index (χ1v) is 10.2. The van der Waals surface area contributed by atoms with Crippen LogP contribution in [-0.4, -0.2) is 20.4 Å². The van der Waals surface area contributed by atoms with E-state index in [-0.39, 0.29) is 22.8 Å². The molecule has 0 heterocycles. The van der Waals surface area contributed by atoms with Crippen molar-refractivity contribution in [2.75, 3.05) is 10.0 Å². The van der Waals surface area contributed by atoms with Gasteiger partial charge < -0.3 is 11.1 Å². The second-order valence-electron chi connectivity index (χ2n) is 6.61. The molecule has 7 heteroatoms. The number of sulfonamides is 1. The lowest BCUT2D eigenvalue weighted by Crippen LogP contribution is -2.34. The Balaban J connectivity index is 1.69. The number of nitrogens with one attached hydrogen (secondary N) is 2. The second-order valence-corrected chi connectivity index (χ2v) is 8.29. The van der Waals surface area contributed by atoms with Crippen LogP contribution in [0.15, 0.2) is 59.5 Å². The first-order chi connectivity index (χ1) is 12.4. The molecule has 0 spiro atoms. The number of carbonyl (C=O) groups excluding carboxylic acids is 1. The fourth-order valence-electron chi connectivity index (χ4n) is 3.18. The minimum atomic E-state index is -3.67. The molecule has 138 valence electrons. The fraction of sp³-hybridized carbons (Fsp3) is 0.316. The van der Waals surface area contributed by atoms with Crippen molar-refractivity contribution in [1.29, 1.82) is 0 Å². The van der Waals surface area contributed by atoms with Crippen LogP contribution >= 0.6 is 0 Å². The normalized spacial score (nSPS) is 20.3. The summed E-state index contributed by atoms with van der Waals surface area (Å²) in [6.45, 7) is 0. The first kappa shape index (κ1) is 18.4. The third kappa shape index (κ3) is 4.62. The van der Waals surface area contributed by atoms with Crippen molar-refractivity contribution in [3.05, 3.63) is 54.6 Å². The molecule has 1 aliphatic rings. The monoisotopic (exact) mass is 373 g/mol. The standard InChI is InChI=1S/C19H23N3O3S/c20-15-7-4-6-14(12-15)19(23)21-16-8-5-9-17(13-16)22-26(24,25)18-10-2-1-3-11-18/h1-3,5,8-11,13-15,22H,4,6-7,12,20H2,(H,21,23). The molecule has 2 atom stereocenters. The molecule has 0 aliphatic heterocycles. The molecule has 4 N–H and O–H groups in total. The van der Waals surface area contributed by atoms with Crippen LogP contribution in [0.3, 0.4) is 0 Å². The SMILES string of the molecule is NC1CCCC(C(=O)Nc2cccc(NS(=O)(=O)c3ccccc3)c2)C1. The van der Waals surface area contributed by atoms with Gasteiger partial charge in [0.25, 0.3) is 10.0 Å². The number of hydrogen-bond acceptors (Lipinski definition) is 4. The maximum atomic E-state index is 12.4. The summed E-state index contributed by atoms with van der Waals surface area (Å²) in [6.07, 6.45) is 3.43. The molecule has 6 nitrogen and oxygen atoms in total. The molecular formula is C19H23N3O3S. The maximum absolute atomic E-state index is 12.4. The van der Waals surface area contributed by atoms with Gasteiger partial charge in [-0.2, -0.15) is 0 Å². The number of hydrogen-bond donors (Lipinski definition) is 3. The Labute approximate surface area is 153 Å². The van der Waals surface area contributed by atoms with Gasteiger partial charge in [-0.3, -0.25) is 9.52 Å². The summed E-state index contributed by atoms with van der Waals surface area (Å²) in [5.74, 6) is -0.161. The number of anilines is 2. The zero-order chi connectivity index (χ0) is 18.6. The van der Waals surface area contributed by atoms with E-state index in [1.807, 2.05) is 0 Å². The molecular weight excluding hydrogens is 350 g/mol. The van der Waals surface area contributed by atoms with Crippen LogP contribution in [0.2, 0.25) is 0 Å². The number of amides is 1. The van der Waals surface area contributed by atoms with Crippen molar-refractivity contribution in [3.63, 3.8) is 0 Å². The van der Waals surface area contributed by atoms with E-state index in [2.05, 4.69) is 10.0 Å². The number of rotatable bonds is 5. The molecule has 1 saturated carbocycles. The van der Waals surface area contributed by atoms with Crippen LogP contribution in [0.5, 0.6) is 0 Å². The Bertz CT molecular complexity index is 869. The molecule has 2 aromatic carbocycles. The third-order valence-corrected chi connectivity index (χ3v) is 5.92. The van der Waals surface area contributed by atoms with E-state index in [4.69, 9.17) is 5.73 Å². The molecule has 26 heavy (non-hydrogen) atoms. The Hall–Kier alpha value is -2.38. The highest BCUT2D eigenvalue weighted by molar-refractivity contribution is 7.92. The minimum Gasteiger partial charge on any atom is -0.328 e. The summed E-state index contributed by atoms with van der Waals surface area (Å²) in [5.41, 5.74) is 6.90. The molecule has 3 rings (SSSR count). The lowest BCUT2D eigenvalue weighted by molar-refractivity contribution is -0.120. The fourth-order valence-corrected chi connectivity index (χ4v) is 4.25. The van der Waals surface area contributed by atoms with Gasteiger partial charge in [0, 0.05) is 17.6 Å². The molecule has 0 bridgehead atoms. The van der Waals surface area contributed by atoms with E-state index in [0.717, 1.165) is 19.3 Å². The molecule has 0 aromatic heterocycles. The van der Waals surface area contributed by atoms with E-state index < -0.39 is 10.0 Å². The van der Waals surface area contributed by atoms with E-state index in [9.17, 15) is 13.2 Å². The van der Waals surface area contributed by atoms with Gasteiger partial charge >= 0.3 is 0 Å². The Morgan fingerprint density at radius 1 is 1.00 bits per heavy atom. The van der Waals surface area contributed by atoms with Gasteiger partial charge in [-0.15, -0.1) is 0 Å². The first-order valence-electron chi connectivity index (χ1n) is 8.68. The molecule has 1 aliphatic carbocycles. The van der Waals surface area contributed by atoms with Crippen molar-refractivity contribution in [2.24, 2.45) is 11.7 Å². The predicted octanol–water partition coefficient (Wildman–Crippen LogP) is 2.94. The van der Waals surface area contributed by atoms with Crippen LogP contribution in [0.4, 0.5) is 11.4 Å². The topological polar surface area (TPSA) is 101 Å². The van der Waals surface area contributed by atoms with Crippen LogP contribution in [0.1, 0.15) is 25.7 Å². The lowest BCUT2D eigenvalue weighted by atomic mass is 9.85. The summed E-state index contributed by atoms with van der Waals surface area (Å²) < 4.78 is 27.3. The molecule has 1 amide bonds. The largest absolute Gasteiger partial charge is 0.328 e. The highest BCUT2D eigenvalue weighted by Crippen LogP contribution is 2.25. The average molecular weight is 373 g/mol. The Morgan fingerprint density at radius 2 is 1.73 bits per heavy atom. The molecule has 2 unspecified atom stereocenters. The van der Waals surface area contributed by atoms with Crippen molar-refractivity contribution in [2.45, 2.75) is 36.6 Å². The van der Waals surface area contributed by atoms with Gasteiger partial charge in [0.2, 0.25) is 5.91 Å². The second kappa shape index (κ2) is 7.88.